The molecule has 6 heteroatoms. The van der Waals surface area contributed by atoms with Crippen molar-refractivity contribution in [2.24, 2.45) is 0 Å². The van der Waals surface area contributed by atoms with Crippen LogP contribution in [0.3, 0.4) is 0 Å². The maximum Gasteiger partial charge on any atom is 0.216 e. The van der Waals surface area contributed by atoms with E-state index in [9.17, 15) is 8.42 Å². The van der Waals surface area contributed by atoms with Crippen molar-refractivity contribution in [3.8, 4) is 0 Å². The highest BCUT2D eigenvalue weighted by atomic mass is 32.2. The van der Waals surface area contributed by atoms with Gasteiger partial charge in [-0.25, -0.2) is 18.1 Å². The molecule has 24 heavy (non-hydrogen) atoms. The van der Waals surface area contributed by atoms with Crippen molar-refractivity contribution in [1.29, 1.82) is 0 Å². The number of hydrogen-bond acceptors (Lipinski definition) is 4. The van der Waals surface area contributed by atoms with Gasteiger partial charge in [-0.1, -0.05) is 35.9 Å². The molecule has 0 spiro atoms. The van der Waals surface area contributed by atoms with Gasteiger partial charge in [-0.3, -0.25) is 0 Å². The molecule has 0 amide bonds. The molecule has 5 nitrogen and oxygen atoms in total. The van der Waals surface area contributed by atoms with Crippen LogP contribution >= 0.6 is 0 Å². The van der Waals surface area contributed by atoms with Gasteiger partial charge >= 0.3 is 0 Å². The van der Waals surface area contributed by atoms with Crippen molar-refractivity contribution >= 4 is 15.8 Å². The van der Waals surface area contributed by atoms with E-state index in [1.54, 1.807) is 6.20 Å². The molecule has 2 aromatic rings. The van der Waals surface area contributed by atoms with Gasteiger partial charge in [0.1, 0.15) is 5.82 Å². The van der Waals surface area contributed by atoms with Crippen molar-refractivity contribution in [3.63, 3.8) is 0 Å². The number of hydrogen-bond donors (Lipinski definition) is 1. The second-order valence-corrected chi connectivity index (χ2v) is 8.09. The molecule has 0 bridgehead atoms. The summed E-state index contributed by atoms with van der Waals surface area (Å²) in [5.74, 6) is 0.965. The van der Waals surface area contributed by atoms with E-state index in [0.717, 1.165) is 35.6 Å². The SMILES string of the molecule is Cc1cccc(CS(=O)(=O)NCc2ccc(N3CCCC3)nc2)c1. The second kappa shape index (κ2) is 7.32. The van der Waals surface area contributed by atoms with Crippen molar-refractivity contribution in [1.82, 2.24) is 9.71 Å². The molecule has 0 unspecified atom stereocenters. The Hall–Kier alpha value is -1.92. The van der Waals surface area contributed by atoms with E-state index in [1.807, 2.05) is 43.3 Å². The van der Waals surface area contributed by atoms with Crippen molar-refractivity contribution < 1.29 is 8.42 Å². The summed E-state index contributed by atoms with van der Waals surface area (Å²) in [6.45, 7) is 4.32. The third-order valence-corrected chi connectivity index (χ3v) is 5.47. The molecule has 0 aliphatic carbocycles. The standard InChI is InChI=1S/C18H23N3O2S/c1-15-5-4-6-16(11-15)14-24(22,23)20-13-17-7-8-18(19-12-17)21-9-2-3-10-21/h4-8,11-12,20H,2-3,9-10,13-14H2,1H3. The summed E-state index contributed by atoms with van der Waals surface area (Å²) < 4.78 is 27.1. The van der Waals surface area contributed by atoms with Crippen molar-refractivity contribution in [3.05, 3.63) is 59.3 Å². The highest BCUT2D eigenvalue weighted by Gasteiger charge is 2.14. The lowest BCUT2D eigenvalue weighted by atomic mass is 10.2. The molecule has 1 saturated heterocycles. The Morgan fingerprint density at radius 3 is 2.58 bits per heavy atom. The molecule has 0 radical (unpaired) electrons. The molecule has 3 rings (SSSR count). The summed E-state index contributed by atoms with van der Waals surface area (Å²) >= 11 is 0. The number of nitrogens with zero attached hydrogens (tertiary/aromatic N) is 2. The molecule has 1 aliphatic heterocycles. The molecule has 1 aromatic heterocycles. The van der Waals surface area contributed by atoms with Gasteiger partial charge in [0.15, 0.2) is 0 Å². The van der Waals surface area contributed by atoms with Crippen LogP contribution in [0.2, 0.25) is 0 Å². The second-order valence-electron chi connectivity index (χ2n) is 6.29. The predicted octanol–water partition coefficient (Wildman–Crippen LogP) is 2.61. The Labute approximate surface area is 143 Å². The summed E-state index contributed by atoms with van der Waals surface area (Å²) in [5.41, 5.74) is 2.72. The Balaban J connectivity index is 1.58. The van der Waals surface area contributed by atoms with Gasteiger partial charge in [-0.15, -0.1) is 0 Å². The molecule has 1 aromatic carbocycles. The summed E-state index contributed by atoms with van der Waals surface area (Å²) in [5, 5.41) is 0. The van der Waals surface area contributed by atoms with Gasteiger partial charge < -0.3 is 4.90 Å². The molecule has 1 N–H and O–H groups in total. The lowest BCUT2D eigenvalue weighted by molar-refractivity contribution is 0.580. The number of aromatic nitrogens is 1. The monoisotopic (exact) mass is 345 g/mol. The lowest BCUT2D eigenvalue weighted by Crippen LogP contribution is -2.25. The highest BCUT2D eigenvalue weighted by Crippen LogP contribution is 2.17. The van der Waals surface area contributed by atoms with E-state index >= 15 is 0 Å². The molecular weight excluding hydrogens is 322 g/mol. The number of benzene rings is 1. The molecule has 128 valence electrons. The smallest absolute Gasteiger partial charge is 0.216 e. The van der Waals surface area contributed by atoms with E-state index in [0.29, 0.717) is 0 Å². The summed E-state index contributed by atoms with van der Waals surface area (Å²) in [4.78, 5) is 6.70. The zero-order valence-electron chi connectivity index (χ0n) is 13.9. The Kier molecular flexibility index (Phi) is 5.16. The first-order valence-electron chi connectivity index (χ1n) is 8.25. The van der Waals surface area contributed by atoms with Crippen LogP contribution in [0.1, 0.15) is 29.5 Å². The molecule has 1 fully saturated rings. The van der Waals surface area contributed by atoms with Crippen LogP contribution < -0.4 is 9.62 Å². The lowest BCUT2D eigenvalue weighted by Gasteiger charge is -2.16. The van der Waals surface area contributed by atoms with Crippen LogP contribution in [-0.4, -0.2) is 26.5 Å². The van der Waals surface area contributed by atoms with Gasteiger partial charge in [-0.05, 0) is 37.0 Å². The average molecular weight is 345 g/mol. The summed E-state index contributed by atoms with van der Waals surface area (Å²) in [6, 6.07) is 11.5. The van der Waals surface area contributed by atoms with E-state index in [4.69, 9.17) is 0 Å². The van der Waals surface area contributed by atoms with Crippen molar-refractivity contribution in [2.45, 2.75) is 32.1 Å². The molecule has 0 atom stereocenters. The largest absolute Gasteiger partial charge is 0.357 e. The van der Waals surface area contributed by atoms with Crippen LogP contribution in [0.15, 0.2) is 42.6 Å². The Morgan fingerprint density at radius 2 is 1.92 bits per heavy atom. The fourth-order valence-corrected chi connectivity index (χ4v) is 4.03. The first-order valence-corrected chi connectivity index (χ1v) is 9.90. The topological polar surface area (TPSA) is 62.3 Å². The molecular formula is C18H23N3O2S. The van der Waals surface area contributed by atoms with Gasteiger partial charge in [0.25, 0.3) is 0 Å². The number of pyridine rings is 1. The zero-order chi connectivity index (χ0) is 17.0. The number of nitrogens with one attached hydrogen (secondary N) is 1. The summed E-state index contributed by atoms with van der Waals surface area (Å²) in [6.07, 6.45) is 4.17. The minimum Gasteiger partial charge on any atom is -0.357 e. The number of rotatable bonds is 6. The van der Waals surface area contributed by atoms with Crippen LogP contribution in [0.5, 0.6) is 0 Å². The van der Waals surface area contributed by atoms with Crippen LogP contribution in [0.25, 0.3) is 0 Å². The van der Waals surface area contributed by atoms with E-state index in [1.165, 1.54) is 12.8 Å². The van der Waals surface area contributed by atoms with Crippen LogP contribution in [0, 0.1) is 6.92 Å². The fraction of sp³-hybridized carbons (Fsp3) is 0.389. The number of sulfonamides is 1. The quantitative estimate of drug-likeness (QED) is 0.874. The van der Waals surface area contributed by atoms with E-state index in [-0.39, 0.29) is 12.3 Å². The molecule has 2 heterocycles. The number of anilines is 1. The molecule has 0 saturated carbocycles. The maximum atomic E-state index is 12.2. The zero-order valence-corrected chi connectivity index (χ0v) is 14.7. The highest BCUT2D eigenvalue weighted by molar-refractivity contribution is 7.88. The third kappa shape index (κ3) is 4.55. The van der Waals surface area contributed by atoms with E-state index < -0.39 is 10.0 Å². The van der Waals surface area contributed by atoms with Gasteiger partial charge in [0.2, 0.25) is 10.0 Å². The third-order valence-electron chi connectivity index (χ3n) is 4.17. The van der Waals surface area contributed by atoms with Crippen LogP contribution in [0.4, 0.5) is 5.82 Å². The maximum absolute atomic E-state index is 12.2. The minimum atomic E-state index is -3.36. The normalized spacial score (nSPS) is 15.0. The van der Waals surface area contributed by atoms with Gasteiger partial charge in [0, 0.05) is 25.8 Å². The van der Waals surface area contributed by atoms with Crippen LogP contribution in [-0.2, 0) is 22.3 Å². The molecule has 1 aliphatic rings. The Morgan fingerprint density at radius 1 is 1.12 bits per heavy atom. The fourth-order valence-electron chi connectivity index (χ4n) is 2.92. The average Bonchev–Trinajstić information content (AvgIpc) is 3.08. The van der Waals surface area contributed by atoms with Gasteiger partial charge in [-0.2, -0.15) is 0 Å². The first-order chi connectivity index (χ1) is 11.5. The van der Waals surface area contributed by atoms with Crippen molar-refractivity contribution in [2.75, 3.05) is 18.0 Å². The predicted molar refractivity (Wildman–Crippen MR) is 96.3 cm³/mol. The Bertz CT molecular complexity index is 782. The number of aryl methyl sites for hydroxylation is 1. The minimum absolute atomic E-state index is 0.00598. The summed E-state index contributed by atoms with van der Waals surface area (Å²) in [7, 11) is -3.36. The van der Waals surface area contributed by atoms with Gasteiger partial charge in [0.05, 0.1) is 5.75 Å². The van der Waals surface area contributed by atoms with E-state index in [2.05, 4.69) is 14.6 Å². The first kappa shape index (κ1) is 16.9.